The summed E-state index contributed by atoms with van der Waals surface area (Å²) in [6, 6.07) is -0.846. The first-order valence-corrected chi connectivity index (χ1v) is 3.71. The number of amides is 1. The summed E-state index contributed by atoms with van der Waals surface area (Å²) >= 11 is 0. The van der Waals surface area contributed by atoms with E-state index in [1.54, 1.807) is 13.8 Å². The second kappa shape index (κ2) is 8.74. The van der Waals surface area contributed by atoms with Crippen LogP contribution in [0, 0.1) is 5.92 Å². The minimum Gasteiger partial charge on any atom is -0.480 e. The van der Waals surface area contributed by atoms with Crippen LogP contribution in [0.5, 0.6) is 0 Å². The summed E-state index contributed by atoms with van der Waals surface area (Å²) in [6.45, 7) is 3.25. The molecule has 0 aliphatic rings. The van der Waals surface area contributed by atoms with Crippen molar-refractivity contribution in [1.82, 2.24) is 5.32 Å². The van der Waals surface area contributed by atoms with E-state index in [1.165, 1.54) is 0 Å². The molecule has 1 amide bonds. The smallest absolute Gasteiger partial charge is 0.326 e. The fourth-order valence-electron chi connectivity index (χ4n) is 0.746. The first kappa shape index (κ1) is 18.8. The number of halogens is 1. The number of aliphatic carboxylic acids is 1. The largest absolute Gasteiger partial charge is 0.480 e. The number of nitrogens with two attached hydrogens (primary N) is 1. The van der Waals surface area contributed by atoms with Gasteiger partial charge in [-0.05, 0) is 5.92 Å². The Kier molecular flexibility index (Phi) is 11.8. The molecule has 0 aliphatic heterocycles. The van der Waals surface area contributed by atoms with Crippen LogP contribution < -0.4 is 11.1 Å². The molecule has 0 saturated carbocycles. The standard InChI is InChI=1S/C7H14N2O3.ClH.H2O/c1-4(2)6(7(11)12)9-5(10)3-8;;/h4,6H,3,8H2,1-2H3,(H,9,10)(H,11,12);1H;1H2/t6-;;/m0../s1. The maximum Gasteiger partial charge on any atom is 0.326 e. The van der Waals surface area contributed by atoms with E-state index in [2.05, 4.69) is 5.32 Å². The molecule has 0 heterocycles. The van der Waals surface area contributed by atoms with E-state index in [0.29, 0.717) is 0 Å². The first-order chi connectivity index (χ1) is 5.49. The molecule has 0 radical (unpaired) electrons. The van der Waals surface area contributed by atoms with Crippen LogP contribution in [0.2, 0.25) is 0 Å². The van der Waals surface area contributed by atoms with Crippen LogP contribution in [0.4, 0.5) is 0 Å². The Morgan fingerprint density at radius 2 is 1.86 bits per heavy atom. The topological polar surface area (TPSA) is 124 Å². The third-order valence-corrected chi connectivity index (χ3v) is 1.43. The zero-order valence-corrected chi connectivity index (χ0v) is 8.93. The summed E-state index contributed by atoms with van der Waals surface area (Å²) in [5.41, 5.74) is 5.02. The molecule has 0 unspecified atom stereocenters. The van der Waals surface area contributed by atoms with Gasteiger partial charge in [0.25, 0.3) is 0 Å². The van der Waals surface area contributed by atoms with Crippen LogP contribution in [0.1, 0.15) is 13.8 Å². The SMILES string of the molecule is CC(C)[C@H](NC(=O)CN)C(=O)O.Cl.O. The van der Waals surface area contributed by atoms with Gasteiger partial charge in [0.15, 0.2) is 0 Å². The molecular formula is C7H17ClN2O4. The zero-order chi connectivity index (χ0) is 9.72. The van der Waals surface area contributed by atoms with E-state index < -0.39 is 17.9 Å². The third kappa shape index (κ3) is 6.64. The summed E-state index contributed by atoms with van der Waals surface area (Å²) in [5, 5.41) is 10.9. The van der Waals surface area contributed by atoms with Crippen molar-refractivity contribution >= 4 is 24.3 Å². The maximum atomic E-state index is 10.7. The average molecular weight is 229 g/mol. The van der Waals surface area contributed by atoms with E-state index in [4.69, 9.17) is 10.8 Å². The Bertz CT molecular complexity index is 187. The van der Waals surface area contributed by atoms with E-state index in [9.17, 15) is 9.59 Å². The lowest BCUT2D eigenvalue weighted by Gasteiger charge is -2.16. The van der Waals surface area contributed by atoms with Crippen molar-refractivity contribution in [1.29, 1.82) is 0 Å². The van der Waals surface area contributed by atoms with Gasteiger partial charge in [0.05, 0.1) is 6.54 Å². The Morgan fingerprint density at radius 3 is 2.07 bits per heavy atom. The van der Waals surface area contributed by atoms with Gasteiger partial charge in [-0.1, -0.05) is 13.8 Å². The molecule has 0 aliphatic carbocycles. The Morgan fingerprint density at radius 1 is 1.43 bits per heavy atom. The number of carboxylic acids is 1. The molecule has 0 rings (SSSR count). The summed E-state index contributed by atoms with van der Waals surface area (Å²) < 4.78 is 0. The van der Waals surface area contributed by atoms with Gasteiger partial charge in [-0.25, -0.2) is 4.79 Å². The lowest BCUT2D eigenvalue weighted by atomic mass is 10.1. The quantitative estimate of drug-likeness (QED) is 0.557. The van der Waals surface area contributed by atoms with Crippen molar-refractivity contribution in [2.45, 2.75) is 19.9 Å². The van der Waals surface area contributed by atoms with Gasteiger partial charge in [0.1, 0.15) is 6.04 Å². The molecule has 86 valence electrons. The van der Waals surface area contributed by atoms with Crippen LogP contribution >= 0.6 is 12.4 Å². The number of carboxylic acid groups (broad SMARTS) is 1. The van der Waals surface area contributed by atoms with Crippen molar-refractivity contribution in [3.05, 3.63) is 0 Å². The number of hydrogen-bond donors (Lipinski definition) is 3. The lowest BCUT2D eigenvalue weighted by molar-refractivity contribution is -0.142. The number of carbonyl (C=O) groups excluding carboxylic acids is 1. The van der Waals surface area contributed by atoms with Gasteiger partial charge >= 0.3 is 5.97 Å². The molecule has 0 fully saturated rings. The number of rotatable bonds is 4. The monoisotopic (exact) mass is 228 g/mol. The van der Waals surface area contributed by atoms with E-state index in [-0.39, 0.29) is 30.3 Å². The van der Waals surface area contributed by atoms with Crippen LogP contribution in [-0.4, -0.2) is 35.0 Å². The number of nitrogens with one attached hydrogen (secondary N) is 1. The van der Waals surface area contributed by atoms with Gasteiger partial charge in [0, 0.05) is 0 Å². The summed E-state index contributed by atoms with van der Waals surface area (Å²) in [6.07, 6.45) is 0. The highest BCUT2D eigenvalue weighted by Crippen LogP contribution is 2.00. The Labute approximate surface area is 88.6 Å². The summed E-state index contributed by atoms with van der Waals surface area (Å²) in [7, 11) is 0. The highest BCUT2D eigenvalue weighted by molar-refractivity contribution is 5.85. The van der Waals surface area contributed by atoms with Crippen molar-refractivity contribution in [2.24, 2.45) is 11.7 Å². The Balaban J connectivity index is -0.000000605. The van der Waals surface area contributed by atoms with E-state index in [1.807, 2.05) is 0 Å². The van der Waals surface area contributed by atoms with Crippen molar-refractivity contribution in [3.63, 3.8) is 0 Å². The lowest BCUT2D eigenvalue weighted by Crippen LogP contribution is -2.46. The third-order valence-electron chi connectivity index (χ3n) is 1.43. The summed E-state index contributed by atoms with van der Waals surface area (Å²) in [5.74, 6) is -1.62. The van der Waals surface area contributed by atoms with Crippen LogP contribution in [0.25, 0.3) is 0 Å². The summed E-state index contributed by atoms with van der Waals surface area (Å²) in [4.78, 5) is 21.3. The molecule has 1 atom stereocenters. The second-order valence-electron chi connectivity index (χ2n) is 2.83. The van der Waals surface area contributed by atoms with Gasteiger partial charge in [-0.2, -0.15) is 0 Å². The number of hydrogen-bond acceptors (Lipinski definition) is 3. The van der Waals surface area contributed by atoms with Crippen molar-refractivity contribution < 1.29 is 20.2 Å². The first-order valence-electron chi connectivity index (χ1n) is 3.71. The maximum absolute atomic E-state index is 10.7. The van der Waals surface area contributed by atoms with Gasteiger partial charge in [0.2, 0.25) is 5.91 Å². The van der Waals surface area contributed by atoms with Crippen LogP contribution in [-0.2, 0) is 9.59 Å². The predicted octanol–water partition coefficient (Wildman–Crippen LogP) is -1.23. The minimum atomic E-state index is -1.04. The molecule has 0 aromatic carbocycles. The molecule has 7 heteroatoms. The van der Waals surface area contributed by atoms with Gasteiger partial charge in [-0.3, -0.25) is 4.79 Å². The molecule has 6 N–H and O–H groups in total. The van der Waals surface area contributed by atoms with Gasteiger partial charge < -0.3 is 21.6 Å². The minimum absolute atomic E-state index is 0. The predicted molar refractivity (Wildman–Crippen MR) is 54.3 cm³/mol. The van der Waals surface area contributed by atoms with Crippen LogP contribution in [0.15, 0.2) is 0 Å². The molecule has 0 aromatic rings. The molecule has 0 saturated heterocycles. The normalized spacial score (nSPS) is 10.9. The average Bonchev–Trinajstić information content (AvgIpc) is 1.98. The molecule has 0 bridgehead atoms. The number of carbonyl (C=O) groups is 2. The van der Waals surface area contributed by atoms with E-state index >= 15 is 0 Å². The Hall–Kier alpha value is -0.850. The van der Waals surface area contributed by atoms with E-state index in [0.717, 1.165) is 0 Å². The fourth-order valence-corrected chi connectivity index (χ4v) is 0.746. The van der Waals surface area contributed by atoms with Crippen molar-refractivity contribution in [3.8, 4) is 0 Å². The molecular weight excluding hydrogens is 212 g/mol. The molecule has 0 spiro atoms. The molecule has 6 nitrogen and oxygen atoms in total. The molecule has 0 aromatic heterocycles. The molecule has 14 heavy (non-hydrogen) atoms. The fraction of sp³-hybridized carbons (Fsp3) is 0.714. The highest BCUT2D eigenvalue weighted by Gasteiger charge is 2.22. The van der Waals surface area contributed by atoms with Gasteiger partial charge in [-0.15, -0.1) is 12.4 Å². The van der Waals surface area contributed by atoms with Crippen molar-refractivity contribution in [2.75, 3.05) is 6.54 Å². The second-order valence-corrected chi connectivity index (χ2v) is 2.83. The van der Waals surface area contributed by atoms with Crippen LogP contribution in [0.3, 0.4) is 0 Å². The highest BCUT2D eigenvalue weighted by atomic mass is 35.5. The zero-order valence-electron chi connectivity index (χ0n) is 8.11.